The summed E-state index contributed by atoms with van der Waals surface area (Å²) >= 11 is 5.27. The number of aliphatic hydroxyl groups is 1. The third-order valence-corrected chi connectivity index (χ3v) is 2.65. The van der Waals surface area contributed by atoms with Gasteiger partial charge in [-0.15, -0.1) is 12.4 Å². The normalized spacial score (nSPS) is 9.44. The Hall–Kier alpha value is -0.0600. The van der Waals surface area contributed by atoms with Crippen molar-refractivity contribution in [3.8, 4) is 0 Å². The lowest BCUT2D eigenvalue weighted by atomic mass is 10.3. The number of rotatable bonds is 8. The molecule has 5 heteroatoms. The van der Waals surface area contributed by atoms with Crippen LogP contribution in [-0.4, -0.2) is 41.4 Å². The van der Waals surface area contributed by atoms with E-state index < -0.39 is 0 Å². The minimum Gasteiger partial charge on any atom is -0.395 e. The molecule has 0 saturated heterocycles. The molecule has 98 valence electrons. The summed E-state index contributed by atoms with van der Waals surface area (Å²) in [6.45, 7) is 6.99. The predicted molar refractivity (Wildman–Crippen MR) is 76.3 cm³/mol. The summed E-state index contributed by atoms with van der Waals surface area (Å²) in [7, 11) is 0. The zero-order valence-corrected chi connectivity index (χ0v) is 12.0. The van der Waals surface area contributed by atoms with E-state index in [4.69, 9.17) is 17.3 Å². The maximum absolute atomic E-state index is 8.93. The van der Waals surface area contributed by atoms with E-state index in [1.54, 1.807) is 0 Å². The third kappa shape index (κ3) is 9.19. The molecule has 0 heterocycles. The van der Waals surface area contributed by atoms with Crippen molar-refractivity contribution in [2.24, 2.45) is 0 Å². The Kier molecular flexibility index (Phi) is 14.9. The highest BCUT2D eigenvalue weighted by molar-refractivity contribution is 7.80. The molecule has 0 rings (SSSR count). The Morgan fingerprint density at radius 2 is 1.81 bits per heavy atom. The molecule has 3 nitrogen and oxygen atoms in total. The summed E-state index contributed by atoms with van der Waals surface area (Å²) in [6.07, 6.45) is 4.58. The summed E-state index contributed by atoms with van der Waals surface area (Å²) < 4.78 is 0. The van der Waals surface area contributed by atoms with Crippen molar-refractivity contribution in [3.63, 3.8) is 0 Å². The summed E-state index contributed by atoms with van der Waals surface area (Å²) in [5.41, 5.74) is 0. The van der Waals surface area contributed by atoms with Gasteiger partial charge < -0.3 is 15.3 Å². The molecule has 0 atom stereocenters. The van der Waals surface area contributed by atoms with Crippen molar-refractivity contribution in [1.82, 2.24) is 10.2 Å². The van der Waals surface area contributed by atoms with E-state index in [1.165, 1.54) is 6.42 Å². The van der Waals surface area contributed by atoms with Crippen LogP contribution in [0.25, 0.3) is 0 Å². The molecule has 0 aliphatic heterocycles. The lowest BCUT2D eigenvalue weighted by Gasteiger charge is -2.24. The molecular weight excluding hydrogens is 244 g/mol. The van der Waals surface area contributed by atoms with Crippen LogP contribution in [0.1, 0.15) is 39.5 Å². The fourth-order valence-electron chi connectivity index (χ4n) is 1.27. The third-order valence-electron chi connectivity index (χ3n) is 2.25. The molecule has 0 fully saturated rings. The minimum absolute atomic E-state index is 0. The Morgan fingerprint density at radius 1 is 1.19 bits per heavy atom. The summed E-state index contributed by atoms with van der Waals surface area (Å²) in [5, 5.41) is 12.9. The second kappa shape index (κ2) is 13.0. The van der Waals surface area contributed by atoms with Gasteiger partial charge >= 0.3 is 0 Å². The van der Waals surface area contributed by atoms with Gasteiger partial charge in [0.25, 0.3) is 0 Å². The van der Waals surface area contributed by atoms with Gasteiger partial charge in [0.05, 0.1) is 6.61 Å². The van der Waals surface area contributed by atoms with Crippen molar-refractivity contribution >= 4 is 29.7 Å². The molecule has 0 aromatic carbocycles. The molecule has 0 unspecified atom stereocenters. The van der Waals surface area contributed by atoms with Gasteiger partial charge in [-0.25, -0.2) is 0 Å². The quantitative estimate of drug-likeness (QED) is 0.523. The van der Waals surface area contributed by atoms with Crippen LogP contribution in [0.15, 0.2) is 0 Å². The van der Waals surface area contributed by atoms with Crippen LogP contribution in [0.3, 0.4) is 0 Å². The van der Waals surface area contributed by atoms with Gasteiger partial charge in [-0.3, -0.25) is 0 Å². The van der Waals surface area contributed by atoms with Crippen LogP contribution in [0, 0.1) is 0 Å². The van der Waals surface area contributed by atoms with Crippen molar-refractivity contribution in [1.29, 1.82) is 0 Å². The Labute approximate surface area is 111 Å². The largest absolute Gasteiger partial charge is 0.395 e. The molecule has 0 aliphatic rings. The van der Waals surface area contributed by atoms with E-state index in [0.717, 1.165) is 37.5 Å². The maximum Gasteiger partial charge on any atom is 0.169 e. The van der Waals surface area contributed by atoms with Crippen LogP contribution in [0.2, 0.25) is 0 Å². The molecule has 0 spiro atoms. The molecule has 0 saturated carbocycles. The number of thiocarbonyl (C=S) groups is 1. The van der Waals surface area contributed by atoms with E-state index in [0.29, 0.717) is 6.54 Å². The SMILES string of the molecule is CCCCNC(=S)N(CCO)CCCC.Cl. The van der Waals surface area contributed by atoms with E-state index in [9.17, 15) is 0 Å². The Balaban J connectivity index is 0. The summed E-state index contributed by atoms with van der Waals surface area (Å²) in [5.74, 6) is 0. The molecule has 2 N–H and O–H groups in total. The van der Waals surface area contributed by atoms with Gasteiger partial charge in [0.2, 0.25) is 0 Å². The van der Waals surface area contributed by atoms with Gasteiger partial charge in [-0.05, 0) is 25.1 Å². The van der Waals surface area contributed by atoms with Crippen molar-refractivity contribution in [2.45, 2.75) is 39.5 Å². The highest BCUT2D eigenvalue weighted by Crippen LogP contribution is 1.96. The minimum atomic E-state index is 0. The number of nitrogens with one attached hydrogen (secondary N) is 1. The van der Waals surface area contributed by atoms with Crippen LogP contribution in [-0.2, 0) is 0 Å². The average Bonchev–Trinajstić information content (AvgIpc) is 2.24. The first-order valence-corrected chi connectivity index (χ1v) is 6.30. The average molecular weight is 269 g/mol. The van der Waals surface area contributed by atoms with Gasteiger partial charge in [-0.1, -0.05) is 26.7 Å². The van der Waals surface area contributed by atoms with Crippen LogP contribution < -0.4 is 5.32 Å². The van der Waals surface area contributed by atoms with E-state index in [-0.39, 0.29) is 19.0 Å². The van der Waals surface area contributed by atoms with Gasteiger partial charge in [0, 0.05) is 19.6 Å². The van der Waals surface area contributed by atoms with E-state index >= 15 is 0 Å². The van der Waals surface area contributed by atoms with E-state index in [1.807, 2.05) is 0 Å². The predicted octanol–water partition coefficient (Wildman–Crippen LogP) is 2.18. The van der Waals surface area contributed by atoms with Crippen molar-refractivity contribution < 1.29 is 5.11 Å². The first-order chi connectivity index (χ1) is 7.26. The van der Waals surface area contributed by atoms with Crippen molar-refractivity contribution in [3.05, 3.63) is 0 Å². The maximum atomic E-state index is 8.93. The fourth-order valence-corrected chi connectivity index (χ4v) is 1.55. The zero-order valence-electron chi connectivity index (χ0n) is 10.4. The van der Waals surface area contributed by atoms with Crippen molar-refractivity contribution in [2.75, 3.05) is 26.2 Å². The molecule has 16 heavy (non-hydrogen) atoms. The molecule has 0 bridgehead atoms. The second-order valence-electron chi connectivity index (χ2n) is 3.65. The first kappa shape index (κ1) is 18.3. The number of hydrogen-bond acceptors (Lipinski definition) is 2. The van der Waals surface area contributed by atoms with Crippen LogP contribution in [0.4, 0.5) is 0 Å². The Bertz CT molecular complexity index is 170. The molecule has 0 aliphatic carbocycles. The molecule has 0 radical (unpaired) electrons. The molecule has 0 aromatic rings. The van der Waals surface area contributed by atoms with Gasteiger partial charge in [0.15, 0.2) is 5.11 Å². The number of nitrogens with zero attached hydrogens (tertiary/aromatic N) is 1. The summed E-state index contributed by atoms with van der Waals surface area (Å²) in [6, 6.07) is 0. The topological polar surface area (TPSA) is 35.5 Å². The highest BCUT2D eigenvalue weighted by atomic mass is 35.5. The lowest BCUT2D eigenvalue weighted by Crippen LogP contribution is -2.42. The molecule has 0 amide bonds. The second-order valence-corrected chi connectivity index (χ2v) is 4.04. The number of hydrogen-bond donors (Lipinski definition) is 2. The van der Waals surface area contributed by atoms with Crippen LogP contribution in [0.5, 0.6) is 0 Å². The smallest absolute Gasteiger partial charge is 0.169 e. The monoisotopic (exact) mass is 268 g/mol. The molecule has 0 aromatic heterocycles. The zero-order chi connectivity index (χ0) is 11.5. The van der Waals surface area contributed by atoms with Gasteiger partial charge in [-0.2, -0.15) is 0 Å². The number of unbranched alkanes of at least 4 members (excludes halogenated alkanes) is 2. The van der Waals surface area contributed by atoms with E-state index in [2.05, 4.69) is 24.1 Å². The number of halogens is 1. The fraction of sp³-hybridized carbons (Fsp3) is 0.909. The van der Waals surface area contributed by atoms with Gasteiger partial charge in [0.1, 0.15) is 0 Å². The van der Waals surface area contributed by atoms with Crippen LogP contribution >= 0.6 is 24.6 Å². The first-order valence-electron chi connectivity index (χ1n) is 5.89. The Morgan fingerprint density at radius 3 is 2.31 bits per heavy atom. The summed E-state index contributed by atoms with van der Waals surface area (Å²) in [4.78, 5) is 2.05. The number of aliphatic hydroxyl groups excluding tert-OH is 1. The highest BCUT2D eigenvalue weighted by Gasteiger charge is 2.06. The standard InChI is InChI=1S/C11H24N2OS.ClH/c1-3-5-7-12-11(15)13(9-10-14)8-6-4-2;/h14H,3-10H2,1-2H3,(H,12,15);1H. The lowest BCUT2D eigenvalue weighted by molar-refractivity contribution is 0.247. The molecular formula is C11H25ClN2OS.